The second-order valence-electron chi connectivity index (χ2n) is 5.86. The van der Waals surface area contributed by atoms with Crippen LogP contribution in [0.3, 0.4) is 0 Å². The molecule has 3 aliphatic rings. The van der Waals surface area contributed by atoms with Crippen LogP contribution in [0, 0.1) is 5.92 Å². The van der Waals surface area contributed by atoms with Gasteiger partial charge in [0.1, 0.15) is 0 Å². The van der Waals surface area contributed by atoms with Gasteiger partial charge in [0.15, 0.2) is 0 Å². The third-order valence-electron chi connectivity index (χ3n) is 4.72. The number of hydrogen-bond donors (Lipinski definition) is 0. The number of thioether (sulfide) groups is 1. The van der Waals surface area contributed by atoms with Crippen LogP contribution in [-0.4, -0.2) is 59.4 Å². The Morgan fingerprint density at radius 2 is 1.89 bits per heavy atom. The molecule has 0 aromatic heterocycles. The first-order valence-corrected chi connectivity index (χ1v) is 8.60. The van der Waals surface area contributed by atoms with Gasteiger partial charge in [-0.05, 0) is 31.4 Å². The van der Waals surface area contributed by atoms with E-state index in [2.05, 4.69) is 21.6 Å². The van der Waals surface area contributed by atoms with Crippen LogP contribution in [-0.2, 0) is 4.79 Å². The summed E-state index contributed by atoms with van der Waals surface area (Å²) in [5.74, 6) is 3.45. The molecule has 0 N–H and O–H groups in total. The highest BCUT2D eigenvalue weighted by Crippen LogP contribution is 2.29. The topological polar surface area (TPSA) is 23.6 Å². The summed E-state index contributed by atoms with van der Waals surface area (Å²) in [5.41, 5.74) is 0. The fourth-order valence-corrected chi connectivity index (χ4v) is 4.50. The Labute approximate surface area is 114 Å². The lowest BCUT2D eigenvalue weighted by Gasteiger charge is -2.31. The van der Waals surface area contributed by atoms with Crippen LogP contribution in [0.15, 0.2) is 0 Å². The zero-order valence-electron chi connectivity index (χ0n) is 11.1. The van der Waals surface area contributed by atoms with Crippen LogP contribution in [0.2, 0.25) is 0 Å². The molecule has 0 radical (unpaired) electrons. The number of hydrogen-bond acceptors (Lipinski definition) is 3. The van der Waals surface area contributed by atoms with Crippen molar-refractivity contribution in [2.24, 2.45) is 5.92 Å². The highest BCUT2D eigenvalue weighted by molar-refractivity contribution is 7.99. The Morgan fingerprint density at radius 3 is 2.56 bits per heavy atom. The lowest BCUT2D eigenvalue weighted by molar-refractivity contribution is -0.138. The summed E-state index contributed by atoms with van der Waals surface area (Å²) < 4.78 is 0. The number of carbonyl (C=O) groups is 1. The largest absolute Gasteiger partial charge is 0.341 e. The van der Waals surface area contributed by atoms with E-state index in [1.807, 2.05) is 0 Å². The molecular formula is C14H24N2OS. The minimum absolute atomic E-state index is 0.374. The molecule has 3 rings (SSSR count). The second-order valence-corrected chi connectivity index (χ2v) is 7.01. The minimum atomic E-state index is 0.374. The van der Waals surface area contributed by atoms with E-state index in [1.54, 1.807) is 0 Å². The molecule has 18 heavy (non-hydrogen) atoms. The Kier molecular flexibility index (Phi) is 4.14. The van der Waals surface area contributed by atoms with Gasteiger partial charge in [0.05, 0.1) is 0 Å². The molecule has 0 spiro atoms. The summed E-state index contributed by atoms with van der Waals surface area (Å²) in [4.78, 5) is 17.0. The molecule has 1 aliphatic carbocycles. The van der Waals surface area contributed by atoms with E-state index in [-0.39, 0.29) is 0 Å². The van der Waals surface area contributed by atoms with Crippen molar-refractivity contribution in [3.8, 4) is 0 Å². The van der Waals surface area contributed by atoms with Crippen molar-refractivity contribution in [3.63, 3.8) is 0 Å². The third kappa shape index (κ3) is 2.69. The van der Waals surface area contributed by atoms with Crippen LogP contribution in [0.5, 0.6) is 0 Å². The van der Waals surface area contributed by atoms with Gasteiger partial charge >= 0.3 is 0 Å². The Bertz CT molecular complexity index is 300. The smallest absolute Gasteiger partial charge is 0.225 e. The standard InChI is InChI=1S/C14H24N2OS/c17-14(12-3-1-4-12)16-7-2-6-15(8-9-16)13-5-10-18-11-13/h12-13H,1-11H2/t13-/m0/s1. The van der Waals surface area contributed by atoms with Gasteiger partial charge in [-0.2, -0.15) is 11.8 Å². The molecule has 3 nitrogen and oxygen atoms in total. The van der Waals surface area contributed by atoms with Crippen molar-refractivity contribution in [1.29, 1.82) is 0 Å². The number of nitrogens with zero attached hydrogens (tertiary/aromatic N) is 2. The Morgan fingerprint density at radius 1 is 1.00 bits per heavy atom. The number of amides is 1. The zero-order valence-corrected chi connectivity index (χ0v) is 12.0. The van der Waals surface area contributed by atoms with Crippen molar-refractivity contribution in [1.82, 2.24) is 9.80 Å². The molecule has 1 atom stereocenters. The Balaban J connectivity index is 1.52. The van der Waals surface area contributed by atoms with Gasteiger partial charge < -0.3 is 4.90 Å². The number of carbonyl (C=O) groups excluding carboxylic acids is 1. The van der Waals surface area contributed by atoms with Gasteiger partial charge in [-0.1, -0.05) is 6.42 Å². The molecule has 4 heteroatoms. The molecule has 0 unspecified atom stereocenters. The first-order chi connectivity index (χ1) is 8.84. The van der Waals surface area contributed by atoms with Crippen LogP contribution in [0.1, 0.15) is 32.1 Å². The maximum Gasteiger partial charge on any atom is 0.225 e. The molecule has 102 valence electrons. The normalized spacial score (nSPS) is 31.1. The number of rotatable bonds is 2. The molecule has 0 bridgehead atoms. The molecule has 1 amide bonds. The van der Waals surface area contributed by atoms with Gasteiger partial charge in [0, 0.05) is 43.9 Å². The lowest BCUT2D eigenvalue weighted by atomic mass is 9.84. The van der Waals surface area contributed by atoms with E-state index < -0.39 is 0 Å². The molecule has 2 aliphatic heterocycles. The highest BCUT2D eigenvalue weighted by Gasteiger charge is 2.31. The summed E-state index contributed by atoms with van der Waals surface area (Å²) in [6.45, 7) is 4.26. The highest BCUT2D eigenvalue weighted by atomic mass is 32.2. The quantitative estimate of drug-likeness (QED) is 0.763. The molecule has 1 saturated carbocycles. The van der Waals surface area contributed by atoms with Crippen molar-refractivity contribution in [3.05, 3.63) is 0 Å². The molecular weight excluding hydrogens is 244 g/mol. The van der Waals surface area contributed by atoms with Crippen LogP contribution < -0.4 is 0 Å². The van der Waals surface area contributed by atoms with E-state index in [0.717, 1.165) is 38.5 Å². The summed E-state index contributed by atoms with van der Waals surface area (Å²) >= 11 is 2.09. The van der Waals surface area contributed by atoms with Gasteiger partial charge in [-0.15, -0.1) is 0 Å². The predicted molar refractivity (Wildman–Crippen MR) is 75.8 cm³/mol. The maximum atomic E-state index is 12.3. The zero-order chi connectivity index (χ0) is 12.4. The van der Waals surface area contributed by atoms with E-state index in [4.69, 9.17) is 0 Å². The van der Waals surface area contributed by atoms with Crippen LogP contribution in [0.25, 0.3) is 0 Å². The van der Waals surface area contributed by atoms with E-state index in [0.29, 0.717) is 11.8 Å². The lowest BCUT2D eigenvalue weighted by Crippen LogP contribution is -2.42. The average Bonchev–Trinajstić information content (AvgIpc) is 2.71. The van der Waals surface area contributed by atoms with Gasteiger partial charge in [0.25, 0.3) is 0 Å². The second kappa shape index (κ2) is 5.83. The van der Waals surface area contributed by atoms with Gasteiger partial charge in [0.2, 0.25) is 5.91 Å². The maximum absolute atomic E-state index is 12.3. The molecule has 0 aromatic carbocycles. The molecule has 3 fully saturated rings. The Hall–Kier alpha value is -0.220. The van der Waals surface area contributed by atoms with Crippen molar-refractivity contribution >= 4 is 17.7 Å². The predicted octanol–water partition coefficient (Wildman–Crippen LogP) is 1.83. The minimum Gasteiger partial charge on any atom is -0.341 e. The van der Waals surface area contributed by atoms with Crippen molar-refractivity contribution < 1.29 is 4.79 Å². The summed E-state index contributed by atoms with van der Waals surface area (Å²) in [6.07, 6.45) is 6.05. The third-order valence-corrected chi connectivity index (χ3v) is 5.86. The molecule has 2 saturated heterocycles. The molecule has 2 heterocycles. The first kappa shape index (κ1) is 12.8. The van der Waals surface area contributed by atoms with Crippen LogP contribution in [0.4, 0.5) is 0 Å². The van der Waals surface area contributed by atoms with Gasteiger partial charge in [-0.25, -0.2) is 0 Å². The van der Waals surface area contributed by atoms with Crippen LogP contribution >= 0.6 is 11.8 Å². The van der Waals surface area contributed by atoms with Crippen molar-refractivity contribution in [2.45, 2.75) is 38.1 Å². The van der Waals surface area contributed by atoms with Gasteiger partial charge in [-0.3, -0.25) is 9.69 Å². The fourth-order valence-electron chi connectivity index (χ4n) is 3.25. The van der Waals surface area contributed by atoms with E-state index in [9.17, 15) is 4.79 Å². The first-order valence-electron chi connectivity index (χ1n) is 7.45. The van der Waals surface area contributed by atoms with Crippen molar-refractivity contribution in [2.75, 3.05) is 37.7 Å². The summed E-state index contributed by atoms with van der Waals surface area (Å²) in [6, 6.07) is 0.786. The molecule has 0 aromatic rings. The fraction of sp³-hybridized carbons (Fsp3) is 0.929. The SMILES string of the molecule is O=C(C1CCC1)N1CCCN([C@H]2CCSC2)CC1. The average molecular weight is 268 g/mol. The monoisotopic (exact) mass is 268 g/mol. The van der Waals surface area contributed by atoms with E-state index in [1.165, 1.54) is 37.3 Å². The van der Waals surface area contributed by atoms with E-state index >= 15 is 0 Å². The summed E-state index contributed by atoms with van der Waals surface area (Å²) in [5, 5.41) is 0. The summed E-state index contributed by atoms with van der Waals surface area (Å²) in [7, 11) is 0.